The topological polar surface area (TPSA) is 21.3 Å². The smallest absolute Gasteiger partial charge is 0.0775 e. The summed E-state index contributed by atoms with van der Waals surface area (Å²) >= 11 is 3.61. The molecule has 0 bridgehead atoms. The summed E-state index contributed by atoms with van der Waals surface area (Å²) < 4.78 is 6.86. The number of halogens is 1. The summed E-state index contributed by atoms with van der Waals surface area (Å²) in [5, 5.41) is 3.39. The summed E-state index contributed by atoms with van der Waals surface area (Å²) in [6, 6.07) is 8.66. The summed E-state index contributed by atoms with van der Waals surface area (Å²) in [4.78, 5) is 0. The minimum Gasteiger partial charge on any atom is -0.379 e. The molecular weight excluding hydrogens is 290 g/mol. The molecule has 0 fully saturated rings. The van der Waals surface area contributed by atoms with Crippen molar-refractivity contribution in [3.63, 3.8) is 0 Å². The molecule has 2 nitrogen and oxygen atoms in total. The summed E-state index contributed by atoms with van der Waals surface area (Å²) in [5.74, 6) is 0. The monoisotopic (exact) mass is 313 g/mol. The Morgan fingerprint density at radius 2 is 1.89 bits per heavy atom. The Labute approximate surface area is 119 Å². The fraction of sp³-hybridized carbons (Fsp3) is 0.600. The first-order chi connectivity index (χ1) is 8.40. The maximum Gasteiger partial charge on any atom is 0.0775 e. The van der Waals surface area contributed by atoms with Gasteiger partial charge in [-0.2, -0.15) is 0 Å². The largest absolute Gasteiger partial charge is 0.379 e. The van der Waals surface area contributed by atoms with E-state index in [2.05, 4.69) is 60.2 Å². The van der Waals surface area contributed by atoms with E-state index in [1.807, 2.05) is 13.1 Å². The molecule has 0 amide bonds. The molecule has 3 heteroatoms. The lowest BCUT2D eigenvalue weighted by Crippen LogP contribution is -2.47. The molecule has 0 aliphatic carbocycles. The van der Waals surface area contributed by atoms with E-state index >= 15 is 0 Å². The minimum absolute atomic E-state index is 0.115. The van der Waals surface area contributed by atoms with E-state index in [4.69, 9.17) is 4.74 Å². The average Bonchev–Trinajstić information content (AvgIpc) is 2.29. The maximum atomic E-state index is 5.70. The lowest BCUT2D eigenvalue weighted by molar-refractivity contribution is -0.00924. The van der Waals surface area contributed by atoms with Gasteiger partial charge in [0.15, 0.2) is 0 Å². The van der Waals surface area contributed by atoms with E-state index in [0.717, 1.165) is 10.9 Å². The van der Waals surface area contributed by atoms with Crippen LogP contribution in [-0.2, 0) is 11.2 Å². The molecule has 1 N–H and O–H groups in total. The number of methoxy groups -OCH3 is 1. The number of rotatable bonds is 5. The molecule has 0 saturated carbocycles. The molecule has 2 unspecified atom stereocenters. The molecule has 0 radical (unpaired) electrons. The number of nitrogens with one attached hydrogen (secondary N) is 1. The van der Waals surface area contributed by atoms with Crippen LogP contribution in [0.3, 0.4) is 0 Å². The Morgan fingerprint density at radius 3 is 2.33 bits per heavy atom. The van der Waals surface area contributed by atoms with Crippen LogP contribution in [0.2, 0.25) is 0 Å². The van der Waals surface area contributed by atoms with E-state index < -0.39 is 0 Å². The molecule has 1 aromatic rings. The number of ether oxygens (including phenoxy) is 1. The fourth-order valence-corrected chi connectivity index (χ4v) is 2.83. The summed E-state index contributed by atoms with van der Waals surface area (Å²) in [6.07, 6.45) is 1.13. The highest BCUT2D eigenvalue weighted by molar-refractivity contribution is 9.10. The first-order valence-corrected chi connectivity index (χ1v) is 7.13. The van der Waals surface area contributed by atoms with E-state index in [-0.39, 0.29) is 11.5 Å². The van der Waals surface area contributed by atoms with Crippen LogP contribution in [0.25, 0.3) is 0 Å². The van der Waals surface area contributed by atoms with Gasteiger partial charge < -0.3 is 10.1 Å². The van der Waals surface area contributed by atoms with E-state index in [1.54, 1.807) is 7.11 Å². The molecule has 0 heterocycles. The first kappa shape index (κ1) is 15.7. The van der Waals surface area contributed by atoms with Crippen molar-refractivity contribution in [1.82, 2.24) is 5.32 Å². The molecule has 0 aromatic heterocycles. The second-order valence-electron chi connectivity index (χ2n) is 5.71. The van der Waals surface area contributed by atoms with Gasteiger partial charge in [0.25, 0.3) is 0 Å². The van der Waals surface area contributed by atoms with Crippen molar-refractivity contribution < 1.29 is 4.74 Å². The molecule has 0 aliphatic heterocycles. The highest BCUT2D eigenvalue weighted by Crippen LogP contribution is 2.27. The quantitative estimate of drug-likeness (QED) is 0.896. The third kappa shape index (κ3) is 4.08. The van der Waals surface area contributed by atoms with Gasteiger partial charge in [0.2, 0.25) is 0 Å². The molecule has 2 atom stereocenters. The van der Waals surface area contributed by atoms with Gasteiger partial charge in [0.1, 0.15) is 0 Å². The van der Waals surface area contributed by atoms with Crippen LogP contribution in [-0.4, -0.2) is 26.3 Å². The van der Waals surface area contributed by atoms with Crippen molar-refractivity contribution in [2.24, 2.45) is 5.41 Å². The second kappa shape index (κ2) is 6.69. The standard InChI is InChI=1S/C15H24BrNO/c1-15(2,3)14(18-5)13(17-4)10-11-8-6-7-9-12(11)16/h6-9,13-14,17H,10H2,1-5H3. The fourth-order valence-electron chi connectivity index (χ4n) is 2.38. The Kier molecular flexibility index (Phi) is 5.83. The number of hydrogen-bond acceptors (Lipinski definition) is 2. The van der Waals surface area contributed by atoms with Crippen LogP contribution in [0.1, 0.15) is 26.3 Å². The first-order valence-electron chi connectivity index (χ1n) is 6.33. The van der Waals surface area contributed by atoms with Gasteiger partial charge >= 0.3 is 0 Å². The zero-order valence-corrected chi connectivity index (χ0v) is 13.5. The van der Waals surface area contributed by atoms with Gasteiger partial charge in [-0.15, -0.1) is 0 Å². The molecule has 18 heavy (non-hydrogen) atoms. The van der Waals surface area contributed by atoms with Gasteiger partial charge in [-0.1, -0.05) is 54.9 Å². The van der Waals surface area contributed by atoms with Crippen LogP contribution in [0.15, 0.2) is 28.7 Å². The van der Waals surface area contributed by atoms with Crippen molar-refractivity contribution >= 4 is 15.9 Å². The molecule has 0 saturated heterocycles. The Balaban J connectivity index is 2.88. The van der Waals surface area contributed by atoms with Crippen molar-refractivity contribution in [2.45, 2.75) is 39.3 Å². The number of likely N-dealkylation sites (N-methyl/N-ethyl adjacent to an activating group) is 1. The van der Waals surface area contributed by atoms with Gasteiger partial charge in [-0.25, -0.2) is 0 Å². The van der Waals surface area contributed by atoms with E-state index in [9.17, 15) is 0 Å². The zero-order valence-electron chi connectivity index (χ0n) is 12.0. The van der Waals surface area contributed by atoms with Gasteiger partial charge in [-0.3, -0.25) is 0 Å². The van der Waals surface area contributed by atoms with Crippen molar-refractivity contribution in [2.75, 3.05) is 14.2 Å². The molecule has 0 aliphatic rings. The van der Waals surface area contributed by atoms with Crippen LogP contribution in [0.5, 0.6) is 0 Å². The van der Waals surface area contributed by atoms with Crippen LogP contribution in [0, 0.1) is 5.41 Å². The van der Waals surface area contributed by atoms with Crippen LogP contribution < -0.4 is 5.32 Å². The molecule has 1 rings (SSSR count). The van der Waals surface area contributed by atoms with Crippen molar-refractivity contribution in [1.29, 1.82) is 0 Å². The third-order valence-electron chi connectivity index (χ3n) is 3.24. The molecular formula is C15H24BrNO. The summed E-state index contributed by atoms with van der Waals surface area (Å²) in [6.45, 7) is 6.64. The third-order valence-corrected chi connectivity index (χ3v) is 4.02. The van der Waals surface area contributed by atoms with E-state index in [0.29, 0.717) is 6.04 Å². The lowest BCUT2D eigenvalue weighted by Gasteiger charge is -2.36. The molecule has 0 spiro atoms. The Morgan fingerprint density at radius 1 is 1.28 bits per heavy atom. The predicted molar refractivity (Wildman–Crippen MR) is 80.9 cm³/mol. The molecule has 102 valence electrons. The van der Waals surface area contributed by atoms with Gasteiger partial charge in [0.05, 0.1) is 6.10 Å². The highest BCUT2D eigenvalue weighted by Gasteiger charge is 2.31. The van der Waals surface area contributed by atoms with Crippen LogP contribution in [0.4, 0.5) is 0 Å². The normalized spacial score (nSPS) is 15.4. The Hall–Kier alpha value is -0.380. The maximum absolute atomic E-state index is 5.70. The van der Waals surface area contributed by atoms with Crippen LogP contribution >= 0.6 is 15.9 Å². The second-order valence-corrected chi connectivity index (χ2v) is 6.57. The van der Waals surface area contributed by atoms with Crippen molar-refractivity contribution in [3.05, 3.63) is 34.3 Å². The van der Waals surface area contributed by atoms with E-state index in [1.165, 1.54) is 5.56 Å². The van der Waals surface area contributed by atoms with Gasteiger partial charge in [-0.05, 0) is 30.5 Å². The zero-order chi connectivity index (χ0) is 13.8. The highest BCUT2D eigenvalue weighted by atomic mass is 79.9. The number of hydrogen-bond donors (Lipinski definition) is 1. The Bertz CT molecular complexity index is 373. The predicted octanol–water partition coefficient (Wildman–Crippen LogP) is 3.64. The SMILES string of the molecule is CNC(Cc1ccccc1Br)C(OC)C(C)(C)C. The average molecular weight is 314 g/mol. The lowest BCUT2D eigenvalue weighted by atomic mass is 9.82. The molecule has 1 aromatic carbocycles. The number of benzene rings is 1. The summed E-state index contributed by atoms with van der Waals surface area (Å²) in [7, 11) is 3.79. The summed E-state index contributed by atoms with van der Waals surface area (Å²) in [5.41, 5.74) is 1.42. The van der Waals surface area contributed by atoms with Crippen molar-refractivity contribution in [3.8, 4) is 0 Å². The van der Waals surface area contributed by atoms with Gasteiger partial charge in [0, 0.05) is 17.6 Å². The minimum atomic E-state index is 0.115.